The first-order chi connectivity index (χ1) is 17.5. The van der Waals surface area contributed by atoms with Gasteiger partial charge in [-0.25, -0.2) is 4.68 Å². The Morgan fingerprint density at radius 3 is 2.64 bits per heavy atom. The fourth-order valence-corrected chi connectivity index (χ4v) is 4.44. The highest BCUT2D eigenvalue weighted by Gasteiger charge is 2.17. The van der Waals surface area contributed by atoms with Gasteiger partial charge in [-0.2, -0.15) is 5.10 Å². The van der Waals surface area contributed by atoms with Gasteiger partial charge in [0.05, 0.1) is 16.4 Å². The zero-order valence-corrected chi connectivity index (χ0v) is 20.7. The molecule has 1 aliphatic heterocycles. The van der Waals surface area contributed by atoms with Gasteiger partial charge in [0.1, 0.15) is 17.3 Å². The van der Waals surface area contributed by atoms with Crippen molar-refractivity contribution in [3.8, 4) is 11.5 Å². The molecule has 0 atom stereocenters. The summed E-state index contributed by atoms with van der Waals surface area (Å²) in [5.74, 6) is 0.839. The van der Waals surface area contributed by atoms with Gasteiger partial charge in [-0.1, -0.05) is 36.4 Å². The van der Waals surface area contributed by atoms with E-state index in [1.807, 2.05) is 47.2 Å². The van der Waals surface area contributed by atoms with Crippen LogP contribution in [0.1, 0.15) is 27.2 Å². The van der Waals surface area contributed by atoms with Crippen molar-refractivity contribution >= 4 is 38.9 Å². The predicted octanol–water partition coefficient (Wildman–Crippen LogP) is 5.54. The number of aromatic hydroxyl groups is 2. The quantitative estimate of drug-likeness (QED) is 0.256. The molecular formula is C28H23BrN4O3. The molecule has 4 N–H and O–H groups in total. The van der Waals surface area contributed by atoms with Gasteiger partial charge in [0.15, 0.2) is 0 Å². The van der Waals surface area contributed by atoms with E-state index in [4.69, 9.17) is 0 Å². The number of rotatable bonds is 6. The maximum atomic E-state index is 12.6. The monoisotopic (exact) mass is 542 g/mol. The first-order valence-electron chi connectivity index (χ1n) is 11.3. The molecular weight excluding hydrogens is 520 g/mol. The van der Waals surface area contributed by atoms with E-state index in [0.29, 0.717) is 24.2 Å². The Morgan fingerprint density at radius 2 is 1.83 bits per heavy atom. The third kappa shape index (κ3) is 5.04. The van der Waals surface area contributed by atoms with Gasteiger partial charge in [0, 0.05) is 29.8 Å². The Labute approximate surface area is 216 Å². The van der Waals surface area contributed by atoms with Crippen LogP contribution in [0.4, 0.5) is 5.69 Å². The number of anilines is 1. The van der Waals surface area contributed by atoms with E-state index in [1.165, 1.54) is 12.1 Å². The highest BCUT2D eigenvalue weighted by molar-refractivity contribution is 9.10. The summed E-state index contributed by atoms with van der Waals surface area (Å²) in [5, 5.41) is 30.7. The van der Waals surface area contributed by atoms with Crippen LogP contribution in [0.15, 0.2) is 95.6 Å². The van der Waals surface area contributed by atoms with Crippen molar-refractivity contribution < 1.29 is 15.0 Å². The molecule has 0 saturated carbocycles. The minimum absolute atomic E-state index is 0.111. The number of hydrogen-bond acceptors (Lipinski definition) is 5. The largest absolute Gasteiger partial charge is 0.508 e. The maximum absolute atomic E-state index is 12.6. The summed E-state index contributed by atoms with van der Waals surface area (Å²) in [4.78, 5) is 12.6. The normalized spacial score (nSPS) is 12.7. The van der Waals surface area contributed by atoms with Crippen molar-refractivity contribution in [2.45, 2.75) is 13.0 Å². The van der Waals surface area contributed by atoms with Gasteiger partial charge in [-0.15, -0.1) is 0 Å². The molecule has 36 heavy (non-hydrogen) atoms. The van der Waals surface area contributed by atoms with Crippen LogP contribution in [0.5, 0.6) is 11.5 Å². The molecule has 0 radical (unpaired) electrons. The van der Waals surface area contributed by atoms with Crippen molar-refractivity contribution in [1.29, 1.82) is 0 Å². The standard InChI is InChI=1S/C28H23BrN4O3/c29-24-17-31-33-25(24)13-10-20(23-6-1-2-7-26(23)35)15-27(33)30-16-18-4-3-5-21(14-18)32-28(36)19-8-11-22(34)12-9-19/h1-12,14-15,17,30,34-35H,13,16H2,(H,32,36). The van der Waals surface area contributed by atoms with E-state index in [-0.39, 0.29) is 17.4 Å². The van der Waals surface area contributed by atoms with Crippen LogP contribution in [0, 0.1) is 0 Å². The highest BCUT2D eigenvalue weighted by atomic mass is 79.9. The fourth-order valence-electron chi connectivity index (χ4n) is 4.02. The molecule has 180 valence electrons. The van der Waals surface area contributed by atoms with Crippen molar-refractivity contribution in [2.75, 3.05) is 5.32 Å². The molecule has 4 aromatic rings. The van der Waals surface area contributed by atoms with Gasteiger partial charge in [-0.05, 0) is 75.6 Å². The highest BCUT2D eigenvalue weighted by Crippen LogP contribution is 2.31. The first kappa shape index (κ1) is 23.4. The molecule has 2 heterocycles. The average molecular weight is 543 g/mol. The van der Waals surface area contributed by atoms with Crippen molar-refractivity contribution in [1.82, 2.24) is 15.1 Å². The summed E-state index contributed by atoms with van der Waals surface area (Å²) in [5.41, 5.74) is 4.72. The van der Waals surface area contributed by atoms with Crippen LogP contribution >= 0.6 is 15.9 Å². The Kier molecular flexibility index (Phi) is 6.60. The van der Waals surface area contributed by atoms with E-state index in [2.05, 4.69) is 37.7 Å². The van der Waals surface area contributed by atoms with Crippen molar-refractivity contribution in [3.63, 3.8) is 0 Å². The number of phenols is 2. The average Bonchev–Trinajstić information content (AvgIpc) is 3.14. The predicted molar refractivity (Wildman–Crippen MR) is 143 cm³/mol. The number of benzene rings is 3. The summed E-state index contributed by atoms with van der Waals surface area (Å²) in [6, 6.07) is 21.0. The molecule has 0 unspecified atom stereocenters. The Morgan fingerprint density at radius 1 is 1.03 bits per heavy atom. The van der Waals surface area contributed by atoms with E-state index in [0.717, 1.165) is 32.7 Å². The van der Waals surface area contributed by atoms with Crippen molar-refractivity contribution in [2.24, 2.45) is 0 Å². The summed E-state index contributed by atoms with van der Waals surface area (Å²) >= 11 is 3.59. The lowest BCUT2D eigenvalue weighted by Gasteiger charge is -2.14. The third-order valence-electron chi connectivity index (χ3n) is 5.86. The molecule has 0 fully saturated rings. The number of fused-ring (bicyclic) bond motifs is 1. The number of nitrogens with zero attached hydrogens (tertiary/aromatic N) is 2. The Bertz CT molecular complexity index is 1490. The molecule has 1 amide bonds. The lowest BCUT2D eigenvalue weighted by molar-refractivity contribution is 0.102. The zero-order valence-electron chi connectivity index (χ0n) is 19.1. The second-order valence-corrected chi connectivity index (χ2v) is 9.17. The molecule has 0 spiro atoms. The molecule has 5 rings (SSSR count). The molecule has 1 aliphatic rings. The van der Waals surface area contributed by atoms with Crippen LogP contribution < -0.4 is 10.6 Å². The first-order valence-corrected chi connectivity index (χ1v) is 12.1. The topological polar surface area (TPSA) is 99.4 Å². The van der Waals surface area contributed by atoms with Crippen LogP contribution in [0.2, 0.25) is 0 Å². The minimum Gasteiger partial charge on any atom is -0.508 e. The minimum atomic E-state index is -0.255. The molecule has 0 saturated heterocycles. The van der Waals surface area contributed by atoms with Crippen LogP contribution in [-0.2, 0) is 13.0 Å². The number of para-hydroxylation sites is 1. The summed E-state index contributed by atoms with van der Waals surface area (Å²) < 4.78 is 2.76. The Hall–Kier alpha value is -4.30. The molecule has 1 aromatic heterocycles. The number of aromatic nitrogens is 2. The zero-order chi connectivity index (χ0) is 25.1. The van der Waals surface area contributed by atoms with E-state index < -0.39 is 0 Å². The van der Waals surface area contributed by atoms with Crippen molar-refractivity contribution in [3.05, 3.63) is 118 Å². The number of nitrogens with one attached hydrogen (secondary N) is 2. The van der Waals surface area contributed by atoms with Gasteiger partial charge < -0.3 is 20.8 Å². The summed E-state index contributed by atoms with van der Waals surface area (Å²) in [6.07, 6.45) is 6.46. The summed E-state index contributed by atoms with van der Waals surface area (Å²) in [7, 11) is 0. The van der Waals surface area contributed by atoms with Crippen LogP contribution in [0.25, 0.3) is 11.4 Å². The maximum Gasteiger partial charge on any atom is 0.255 e. The van der Waals surface area contributed by atoms with Gasteiger partial charge in [0.2, 0.25) is 0 Å². The number of amides is 1. The molecule has 7 nitrogen and oxygen atoms in total. The lowest BCUT2D eigenvalue weighted by atomic mass is 10.0. The second-order valence-electron chi connectivity index (χ2n) is 8.32. The summed E-state index contributed by atoms with van der Waals surface area (Å²) in [6.45, 7) is 0.486. The molecule has 3 aromatic carbocycles. The number of hydrogen-bond donors (Lipinski definition) is 4. The van der Waals surface area contributed by atoms with Gasteiger partial charge in [-0.3, -0.25) is 4.79 Å². The number of carbonyl (C=O) groups is 1. The number of phenolic OH excluding ortho intramolecular Hbond substituents is 2. The van der Waals surface area contributed by atoms with Crippen LogP contribution in [-0.4, -0.2) is 25.9 Å². The SMILES string of the molecule is O=C(Nc1cccc(CNC2=CC(c3ccccc3O)=CCc3c(Br)cnn32)c1)c1ccc(O)cc1. The van der Waals surface area contributed by atoms with E-state index in [9.17, 15) is 15.0 Å². The lowest BCUT2D eigenvalue weighted by Crippen LogP contribution is -2.19. The number of allylic oxidation sites excluding steroid dienone is 3. The number of carbonyl (C=O) groups excluding carboxylic acids is 1. The smallest absolute Gasteiger partial charge is 0.255 e. The number of halogens is 1. The molecule has 0 bridgehead atoms. The molecule has 0 aliphatic carbocycles. The van der Waals surface area contributed by atoms with Crippen LogP contribution in [0.3, 0.4) is 0 Å². The van der Waals surface area contributed by atoms with E-state index in [1.54, 1.807) is 30.5 Å². The molecule has 8 heteroatoms. The fraction of sp³-hybridized carbons (Fsp3) is 0.0714. The van der Waals surface area contributed by atoms with Gasteiger partial charge >= 0.3 is 0 Å². The second kappa shape index (κ2) is 10.1. The third-order valence-corrected chi connectivity index (χ3v) is 6.52. The Balaban J connectivity index is 1.36. The van der Waals surface area contributed by atoms with E-state index >= 15 is 0 Å². The van der Waals surface area contributed by atoms with Gasteiger partial charge in [0.25, 0.3) is 5.91 Å².